The maximum absolute atomic E-state index is 10.8. The van der Waals surface area contributed by atoms with Crippen molar-refractivity contribution in [3.8, 4) is 0 Å². The fourth-order valence-electron chi connectivity index (χ4n) is 1.23. The molecule has 72 valence electrons. The van der Waals surface area contributed by atoms with E-state index in [0.717, 1.165) is 5.56 Å². The summed E-state index contributed by atoms with van der Waals surface area (Å²) in [6.07, 6.45) is 1.97. The van der Waals surface area contributed by atoms with Crippen LogP contribution in [0.3, 0.4) is 0 Å². The second-order valence-corrected chi connectivity index (χ2v) is 3.01. The SMILES string of the molecule is C=C=C[C@H](Cc1ccccc1)C(=O)O. The predicted molar refractivity (Wildman–Crippen MR) is 55.0 cm³/mol. The molecule has 14 heavy (non-hydrogen) atoms. The minimum atomic E-state index is -0.843. The molecule has 0 spiro atoms. The van der Waals surface area contributed by atoms with Crippen LogP contribution in [-0.2, 0) is 11.2 Å². The number of rotatable bonds is 4. The quantitative estimate of drug-likeness (QED) is 0.736. The minimum absolute atomic E-state index is 0.485. The lowest BCUT2D eigenvalue weighted by molar-refractivity contribution is -0.140. The molecular formula is C12H12O2. The molecule has 2 heteroatoms. The lowest BCUT2D eigenvalue weighted by Gasteiger charge is -2.05. The van der Waals surface area contributed by atoms with Crippen LogP contribution in [-0.4, -0.2) is 11.1 Å². The van der Waals surface area contributed by atoms with Crippen LogP contribution >= 0.6 is 0 Å². The van der Waals surface area contributed by atoms with Crippen molar-refractivity contribution in [2.45, 2.75) is 6.42 Å². The first-order valence-electron chi connectivity index (χ1n) is 4.36. The lowest BCUT2D eigenvalue weighted by Crippen LogP contribution is -2.13. The molecule has 0 bridgehead atoms. The summed E-state index contributed by atoms with van der Waals surface area (Å²) in [6, 6.07) is 9.51. The van der Waals surface area contributed by atoms with E-state index in [2.05, 4.69) is 12.3 Å². The van der Waals surface area contributed by atoms with Gasteiger partial charge in [-0.15, -0.1) is 5.73 Å². The Kier molecular flexibility index (Phi) is 3.71. The van der Waals surface area contributed by atoms with Crippen molar-refractivity contribution in [2.24, 2.45) is 5.92 Å². The van der Waals surface area contributed by atoms with Crippen molar-refractivity contribution in [2.75, 3.05) is 0 Å². The largest absolute Gasteiger partial charge is 0.481 e. The highest BCUT2D eigenvalue weighted by molar-refractivity contribution is 5.72. The highest BCUT2D eigenvalue weighted by atomic mass is 16.4. The molecule has 0 fully saturated rings. The third-order valence-electron chi connectivity index (χ3n) is 1.93. The van der Waals surface area contributed by atoms with Gasteiger partial charge in [-0.2, -0.15) is 0 Å². The Hall–Kier alpha value is -1.79. The Morgan fingerprint density at radius 2 is 2.14 bits per heavy atom. The number of hydrogen-bond donors (Lipinski definition) is 1. The molecule has 0 aliphatic rings. The second kappa shape index (κ2) is 5.05. The van der Waals surface area contributed by atoms with Crippen LogP contribution in [0.2, 0.25) is 0 Å². The topological polar surface area (TPSA) is 37.3 Å². The Morgan fingerprint density at radius 1 is 1.50 bits per heavy atom. The first-order chi connectivity index (χ1) is 6.74. The van der Waals surface area contributed by atoms with Gasteiger partial charge in [0, 0.05) is 0 Å². The highest BCUT2D eigenvalue weighted by Gasteiger charge is 2.13. The van der Waals surface area contributed by atoms with Gasteiger partial charge in [0.2, 0.25) is 0 Å². The van der Waals surface area contributed by atoms with Gasteiger partial charge in [-0.25, -0.2) is 0 Å². The van der Waals surface area contributed by atoms with Crippen molar-refractivity contribution in [3.63, 3.8) is 0 Å². The summed E-state index contributed by atoms with van der Waals surface area (Å²) in [5.74, 6) is -1.38. The minimum Gasteiger partial charge on any atom is -0.481 e. The fourth-order valence-corrected chi connectivity index (χ4v) is 1.23. The fraction of sp³-hybridized carbons (Fsp3) is 0.167. The molecule has 0 saturated carbocycles. The van der Waals surface area contributed by atoms with Crippen LogP contribution < -0.4 is 0 Å². The summed E-state index contributed by atoms with van der Waals surface area (Å²) < 4.78 is 0. The van der Waals surface area contributed by atoms with Crippen LogP contribution in [0.5, 0.6) is 0 Å². The summed E-state index contributed by atoms with van der Waals surface area (Å²) in [4.78, 5) is 10.8. The Balaban J connectivity index is 2.75. The van der Waals surface area contributed by atoms with Crippen LogP contribution in [0.25, 0.3) is 0 Å². The zero-order chi connectivity index (χ0) is 10.4. The predicted octanol–water partition coefficient (Wildman–Crippen LogP) is 2.27. The van der Waals surface area contributed by atoms with E-state index in [0.29, 0.717) is 6.42 Å². The molecule has 0 amide bonds. The van der Waals surface area contributed by atoms with Crippen molar-refractivity contribution in [3.05, 3.63) is 54.3 Å². The molecule has 0 saturated heterocycles. The number of carboxylic acids is 1. The summed E-state index contributed by atoms with van der Waals surface area (Å²) in [5, 5.41) is 8.87. The van der Waals surface area contributed by atoms with Gasteiger partial charge in [-0.1, -0.05) is 36.9 Å². The first-order valence-corrected chi connectivity index (χ1v) is 4.36. The number of benzene rings is 1. The maximum atomic E-state index is 10.8. The van der Waals surface area contributed by atoms with Crippen LogP contribution in [0.1, 0.15) is 5.56 Å². The van der Waals surface area contributed by atoms with Gasteiger partial charge in [-0.3, -0.25) is 4.79 Å². The first kappa shape index (κ1) is 10.3. The molecule has 0 aliphatic carbocycles. The van der Waals surface area contributed by atoms with E-state index in [9.17, 15) is 4.79 Å². The summed E-state index contributed by atoms with van der Waals surface area (Å²) >= 11 is 0. The average molecular weight is 188 g/mol. The molecule has 1 aromatic carbocycles. The normalized spacial score (nSPS) is 11.4. The van der Waals surface area contributed by atoms with E-state index in [-0.39, 0.29) is 0 Å². The van der Waals surface area contributed by atoms with E-state index in [1.807, 2.05) is 30.3 Å². The van der Waals surface area contributed by atoms with E-state index in [1.165, 1.54) is 6.08 Å². The van der Waals surface area contributed by atoms with E-state index >= 15 is 0 Å². The van der Waals surface area contributed by atoms with Gasteiger partial charge in [0.25, 0.3) is 0 Å². The van der Waals surface area contributed by atoms with Crippen molar-refractivity contribution in [1.29, 1.82) is 0 Å². The Bertz CT molecular complexity index is 346. The van der Waals surface area contributed by atoms with Gasteiger partial charge in [0.05, 0.1) is 5.92 Å². The molecule has 1 atom stereocenters. The zero-order valence-electron chi connectivity index (χ0n) is 7.81. The van der Waals surface area contributed by atoms with Gasteiger partial charge in [-0.05, 0) is 18.1 Å². The molecule has 0 aromatic heterocycles. The van der Waals surface area contributed by atoms with Crippen LogP contribution in [0.15, 0.2) is 48.7 Å². The third-order valence-corrected chi connectivity index (χ3v) is 1.93. The van der Waals surface area contributed by atoms with Gasteiger partial charge in [0.1, 0.15) is 0 Å². The maximum Gasteiger partial charge on any atom is 0.311 e. The summed E-state index contributed by atoms with van der Waals surface area (Å²) in [6.45, 7) is 3.38. The molecule has 1 rings (SSSR count). The van der Waals surface area contributed by atoms with Crippen molar-refractivity contribution < 1.29 is 9.90 Å². The molecule has 1 N–H and O–H groups in total. The lowest BCUT2D eigenvalue weighted by atomic mass is 9.99. The number of aliphatic carboxylic acids is 1. The second-order valence-electron chi connectivity index (χ2n) is 3.01. The zero-order valence-corrected chi connectivity index (χ0v) is 7.81. The van der Waals surface area contributed by atoms with Crippen LogP contribution in [0.4, 0.5) is 0 Å². The van der Waals surface area contributed by atoms with Gasteiger partial charge in [0.15, 0.2) is 0 Å². The van der Waals surface area contributed by atoms with Gasteiger partial charge < -0.3 is 5.11 Å². The number of hydrogen-bond acceptors (Lipinski definition) is 1. The number of carboxylic acid groups (broad SMARTS) is 1. The summed E-state index contributed by atoms with van der Waals surface area (Å²) in [7, 11) is 0. The molecule has 1 aromatic rings. The number of carbonyl (C=O) groups is 1. The smallest absolute Gasteiger partial charge is 0.311 e. The van der Waals surface area contributed by atoms with E-state index < -0.39 is 11.9 Å². The molecule has 0 heterocycles. The average Bonchev–Trinajstić information content (AvgIpc) is 2.18. The van der Waals surface area contributed by atoms with E-state index in [1.54, 1.807) is 0 Å². The van der Waals surface area contributed by atoms with Crippen molar-refractivity contribution in [1.82, 2.24) is 0 Å². The monoisotopic (exact) mass is 188 g/mol. The standard InChI is InChI=1S/C12H12O2/c1-2-6-11(12(13)14)9-10-7-4-3-5-8-10/h3-8,11H,1,9H2,(H,13,14)/t11-/m1/s1. The Labute approximate surface area is 83.2 Å². The van der Waals surface area contributed by atoms with Crippen LogP contribution in [0, 0.1) is 5.92 Å². The van der Waals surface area contributed by atoms with Crippen molar-refractivity contribution >= 4 is 5.97 Å². The molecule has 2 nitrogen and oxygen atoms in total. The third kappa shape index (κ3) is 2.92. The highest BCUT2D eigenvalue weighted by Crippen LogP contribution is 2.09. The molecule has 0 aliphatic heterocycles. The molecule has 0 radical (unpaired) electrons. The Morgan fingerprint density at radius 3 is 2.64 bits per heavy atom. The van der Waals surface area contributed by atoms with E-state index in [4.69, 9.17) is 5.11 Å². The summed E-state index contributed by atoms with van der Waals surface area (Å²) in [5.41, 5.74) is 3.52. The molecular weight excluding hydrogens is 176 g/mol. The molecule has 0 unspecified atom stereocenters. The van der Waals surface area contributed by atoms with Gasteiger partial charge >= 0.3 is 5.97 Å².